The summed E-state index contributed by atoms with van der Waals surface area (Å²) in [5.74, 6) is 0. The van der Waals surface area contributed by atoms with Crippen molar-refractivity contribution in [3.63, 3.8) is 0 Å². The molecule has 0 saturated heterocycles. The van der Waals surface area contributed by atoms with E-state index in [1.54, 1.807) is 12.3 Å². The molecule has 61 heavy (non-hydrogen) atoms. The van der Waals surface area contributed by atoms with Gasteiger partial charge in [-0.3, -0.25) is 4.98 Å². The molecule has 5 heteroatoms. The second kappa shape index (κ2) is 18.0. The van der Waals surface area contributed by atoms with Crippen molar-refractivity contribution in [2.75, 3.05) is 0 Å². The van der Waals surface area contributed by atoms with Gasteiger partial charge in [0.25, 0.3) is 0 Å². The summed E-state index contributed by atoms with van der Waals surface area (Å²) in [6.45, 7) is 14.5. The molecule has 6 aromatic carbocycles. The summed E-state index contributed by atoms with van der Waals surface area (Å²) < 4.78 is 47.3. The first-order valence-corrected chi connectivity index (χ1v) is 23.8. The molecule has 0 N–H and O–H groups in total. The Balaban J connectivity index is 0.000000205. The van der Waals surface area contributed by atoms with Crippen LogP contribution in [0.5, 0.6) is 0 Å². The molecule has 0 aliphatic rings. The second-order valence-corrected chi connectivity index (χ2v) is 22.3. The smallest absolute Gasteiger partial charge is 0.121 e. The summed E-state index contributed by atoms with van der Waals surface area (Å²) in [6.07, 6.45) is 2.32. The Kier molecular flexibility index (Phi) is 10.9. The van der Waals surface area contributed by atoms with Crippen molar-refractivity contribution >= 4 is 35.2 Å². The number of fused-ring (bicyclic) bond motifs is 3. The Morgan fingerprint density at radius 2 is 1.34 bits per heavy atom. The molecule has 0 fully saturated rings. The van der Waals surface area contributed by atoms with E-state index < -0.39 is 26.7 Å². The minimum atomic E-state index is -2.20. The minimum Gasteiger partial charge on any atom is -0.501 e. The summed E-state index contributed by atoms with van der Waals surface area (Å²) in [5, 5.41) is 3.39. The molecule has 9 rings (SSSR count). The van der Waals surface area contributed by atoms with Crippen LogP contribution in [0.15, 0.2) is 168 Å². The van der Waals surface area contributed by atoms with Crippen LogP contribution in [0.25, 0.3) is 77.8 Å². The summed E-state index contributed by atoms with van der Waals surface area (Å²) in [6, 6.07) is 53.1. The quantitative estimate of drug-likeness (QED) is 0.118. The van der Waals surface area contributed by atoms with E-state index in [1.165, 1.54) is 5.19 Å². The SMILES string of the molecule is [2H]C([2H])([2H])c1cc([CH2-])c(-c2ccc([Si](C)(C)C)cn2)cc1-c1ccccc1.[2H]C([2H])(c1ccc(-c2ccnc(-c3[c-]ccc4c3oc3cc(-c5ccccc5)ccc34)c2)cc1)C(C)(C)C.[Ir]. The Labute approximate surface area is 383 Å². The number of aromatic nitrogens is 2. The maximum absolute atomic E-state index is 8.57. The summed E-state index contributed by atoms with van der Waals surface area (Å²) in [5.41, 5.74) is 11.9. The van der Waals surface area contributed by atoms with Crippen molar-refractivity contribution in [2.24, 2.45) is 5.41 Å². The number of benzene rings is 6. The molecule has 0 aliphatic heterocycles. The van der Waals surface area contributed by atoms with Gasteiger partial charge >= 0.3 is 0 Å². The zero-order valence-electron chi connectivity index (χ0n) is 40.4. The molecule has 3 heterocycles. The number of rotatable bonds is 7. The van der Waals surface area contributed by atoms with Gasteiger partial charge in [-0.15, -0.1) is 29.8 Å². The zero-order chi connectivity index (χ0) is 46.3. The zero-order valence-corrected chi connectivity index (χ0v) is 38.8. The summed E-state index contributed by atoms with van der Waals surface area (Å²) >= 11 is 0. The largest absolute Gasteiger partial charge is 0.501 e. The Morgan fingerprint density at radius 3 is 2.00 bits per heavy atom. The maximum Gasteiger partial charge on any atom is 0.121 e. The monoisotopic (exact) mass is 994 g/mol. The van der Waals surface area contributed by atoms with Crippen LogP contribution in [0.4, 0.5) is 0 Å². The number of pyridine rings is 2. The van der Waals surface area contributed by atoms with Gasteiger partial charge in [-0.05, 0) is 79.8 Å². The first kappa shape index (κ1) is 37.0. The number of hydrogen-bond acceptors (Lipinski definition) is 3. The molecule has 9 aromatic rings. The standard InChI is InChI=1S/C34H28NO.C22H24NSi.Ir/c1-34(2,3)22-23-12-14-25(15-13-23)27-18-19-35-31(20-27)30-11-7-10-29-28-17-16-26(21-32(28)36-33(29)30)24-8-5-4-6-9-24;1-16-13-17(2)21(14-20(16)18-9-7-6-8-10-18)22-12-11-19(15-23-22)24(3,4)5;/h4-10,12-21H,22H2,1-3H3;6-15H,2H2,1,3-5H3;/q2*-1;/i22D2;1D3;. The number of hydrogen-bond donors (Lipinski definition) is 0. The number of nitrogens with zero attached hydrogens (tertiary/aromatic N) is 2. The van der Waals surface area contributed by atoms with Gasteiger partial charge in [0.05, 0.1) is 13.7 Å². The van der Waals surface area contributed by atoms with Crippen molar-refractivity contribution < 1.29 is 31.4 Å². The molecular formula is C56H52IrN2OSi-2. The van der Waals surface area contributed by atoms with Gasteiger partial charge in [0, 0.05) is 50.4 Å². The number of furan rings is 1. The van der Waals surface area contributed by atoms with E-state index in [9.17, 15) is 0 Å². The van der Waals surface area contributed by atoms with Gasteiger partial charge in [0.2, 0.25) is 0 Å². The third-order valence-electron chi connectivity index (χ3n) is 10.5. The van der Waals surface area contributed by atoms with Crippen LogP contribution >= 0.6 is 0 Å². The molecule has 0 bridgehead atoms. The molecule has 0 atom stereocenters. The maximum atomic E-state index is 8.57. The first-order chi connectivity index (χ1) is 30.8. The molecule has 1 radical (unpaired) electrons. The third-order valence-corrected chi connectivity index (χ3v) is 12.6. The van der Waals surface area contributed by atoms with Crippen LogP contribution in [0.3, 0.4) is 0 Å². The molecule has 3 aromatic heterocycles. The molecule has 0 unspecified atom stereocenters. The van der Waals surface area contributed by atoms with E-state index in [1.807, 2.05) is 136 Å². The fourth-order valence-corrected chi connectivity index (χ4v) is 8.44. The van der Waals surface area contributed by atoms with Crippen molar-refractivity contribution in [3.8, 4) is 55.9 Å². The predicted octanol–water partition coefficient (Wildman–Crippen LogP) is 14.8. The van der Waals surface area contributed by atoms with E-state index in [0.29, 0.717) is 22.3 Å². The molecule has 0 saturated carbocycles. The van der Waals surface area contributed by atoms with Gasteiger partial charge in [0.1, 0.15) is 5.58 Å². The van der Waals surface area contributed by atoms with Crippen molar-refractivity contribution in [1.29, 1.82) is 0 Å². The van der Waals surface area contributed by atoms with E-state index in [0.717, 1.165) is 72.3 Å². The average molecular weight is 994 g/mol. The Hall–Kier alpha value is -5.84. The molecule has 3 nitrogen and oxygen atoms in total. The van der Waals surface area contributed by atoms with Crippen molar-refractivity contribution in [1.82, 2.24) is 9.97 Å². The van der Waals surface area contributed by atoms with Crippen molar-refractivity contribution in [2.45, 2.75) is 53.6 Å². The van der Waals surface area contributed by atoms with Gasteiger partial charge < -0.3 is 9.40 Å². The number of aryl methyl sites for hydroxylation is 1. The van der Waals surface area contributed by atoms with E-state index in [-0.39, 0.29) is 20.1 Å². The summed E-state index contributed by atoms with van der Waals surface area (Å²) in [4.78, 5) is 9.32. The first-order valence-electron chi connectivity index (χ1n) is 22.8. The van der Waals surface area contributed by atoms with Gasteiger partial charge in [-0.1, -0.05) is 173 Å². The average Bonchev–Trinajstić information content (AvgIpc) is 3.67. The Bertz CT molecular complexity index is 3120. The predicted molar refractivity (Wildman–Crippen MR) is 257 cm³/mol. The van der Waals surface area contributed by atoms with Gasteiger partial charge in [-0.25, -0.2) is 0 Å². The van der Waals surface area contributed by atoms with Gasteiger partial charge in [0.15, 0.2) is 0 Å². The van der Waals surface area contributed by atoms with E-state index in [4.69, 9.17) is 11.3 Å². The Morgan fingerprint density at radius 1 is 0.672 bits per heavy atom. The van der Waals surface area contributed by atoms with Gasteiger partial charge in [-0.2, -0.15) is 18.6 Å². The topological polar surface area (TPSA) is 38.9 Å². The summed E-state index contributed by atoms with van der Waals surface area (Å²) in [7, 11) is -1.42. The van der Waals surface area contributed by atoms with Crippen LogP contribution in [-0.2, 0) is 26.5 Å². The van der Waals surface area contributed by atoms with E-state index >= 15 is 0 Å². The van der Waals surface area contributed by atoms with E-state index in [2.05, 4.69) is 79.0 Å². The fraction of sp³-hybridized carbons (Fsp3) is 0.161. The fourth-order valence-electron chi connectivity index (χ4n) is 7.40. The second-order valence-electron chi connectivity index (χ2n) is 17.3. The van der Waals surface area contributed by atoms with Crippen LogP contribution in [0, 0.1) is 25.3 Å². The normalized spacial score (nSPS) is 13.2. The van der Waals surface area contributed by atoms with Crippen LogP contribution in [0.1, 0.15) is 44.3 Å². The molecule has 307 valence electrons. The molecule has 0 aliphatic carbocycles. The molecule has 0 amide bonds. The van der Waals surface area contributed by atoms with Crippen LogP contribution in [-0.4, -0.2) is 18.0 Å². The molecular weight excluding hydrogens is 937 g/mol. The van der Waals surface area contributed by atoms with Crippen molar-refractivity contribution in [3.05, 3.63) is 194 Å². The third kappa shape index (κ3) is 9.87. The minimum absolute atomic E-state index is 0. The molecule has 0 spiro atoms. The van der Waals surface area contributed by atoms with Crippen LogP contribution in [0.2, 0.25) is 19.6 Å². The van der Waals surface area contributed by atoms with Crippen LogP contribution < -0.4 is 5.19 Å².